The lowest BCUT2D eigenvalue weighted by Crippen LogP contribution is -2.46. The van der Waals surface area contributed by atoms with Crippen molar-refractivity contribution in [2.75, 3.05) is 6.54 Å². The first-order valence-electron chi connectivity index (χ1n) is 9.92. The number of hydrogen-bond acceptors (Lipinski definition) is 8. The number of terminal acetylenes is 1. The highest BCUT2D eigenvalue weighted by molar-refractivity contribution is 5.82. The summed E-state index contributed by atoms with van der Waals surface area (Å²) in [5.41, 5.74) is 20.9. The van der Waals surface area contributed by atoms with E-state index in [4.69, 9.17) is 26.8 Å². The monoisotopic (exact) mass is 469 g/mol. The Bertz CT molecular complexity index is 769. The Kier molecular flexibility index (Phi) is 16.9. The smallest absolute Gasteiger partial charge is 0.326 e. The maximum Gasteiger partial charge on any atom is 0.326 e. The molecule has 0 aliphatic rings. The summed E-state index contributed by atoms with van der Waals surface area (Å²) in [6, 6.07) is -2.06. The average Bonchev–Trinajstić information content (AvgIpc) is 3.19. The number of nitrogens with zero attached hydrogens (tertiary/aromatic N) is 3. The molecule has 0 aliphatic carbocycles. The first-order valence-corrected chi connectivity index (χ1v) is 9.92. The number of carboxylic acids is 1. The molecule has 14 heteroatoms. The predicted molar refractivity (Wildman–Crippen MR) is 122 cm³/mol. The van der Waals surface area contributed by atoms with Gasteiger partial charge in [-0.2, -0.15) is 4.98 Å². The fourth-order valence-electron chi connectivity index (χ4n) is 2.20. The number of aliphatic carboxylic acids is 1. The normalized spacial score (nSPS) is 11.5. The molecule has 0 fully saturated rings. The molecular formula is C19H35N9O5. The van der Waals surface area contributed by atoms with Crippen molar-refractivity contribution < 1.29 is 24.0 Å². The zero-order valence-corrected chi connectivity index (χ0v) is 19.2. The number of carbonyl (C=O) groups excluding carboxylic acids is 2. The van der Waals surface area contributed by atoms with Crippen LogP contribution >= 0.6 is 0 Å². The summed E-state index contributed by atoms with van der Waals surface area (Å²) in [7, 11) is 0. The van der Waals surface area contributed by atoms with Gasteiger partial charge in [0.2, 0.25) is 11.8 Å². The number of urea groups is 1. The highest BCUT2D eigenvalue weighted by Crippen LogP contribution is 2.12. The van der Waals surface area contributed by atoms with Gasteiger partial charge < -0.3 is 43.2 Å². The van der Waals surface area contributed by atoms with Crippen LogP contribution in [-0.2, 0) is 16.1 Å². The number of aliphatic imine (C=N–C) groups is 1. The van der Waals surface area contributed by atoms with E-state index in [-0.39, 0.29) is 30.2 Å². The topological polar surface area (TPSA) is 251 Å². The lowest BCUT2D eigenvalue weighted by atomic mass is 10.0. The lowest BCUT2D eigenvalue weighted by Gasteiger charge is -2.16. The molecule has 0 saturated heterocycles. The van der Waals surface area contributed by atoms with Gasteiger partial charge in [-0.25, -0.2) is 9.59 Å². The molecule has 3 amide bonds. The lowest BCUT2D eigenvalue weighted by molar-refractivity contribution is -0.139. The number of aromatic nitrogens is 2. The number of nitrogens with two attached hydrogens (primary N) is 4. The van der Waals surface area contributed by atoms with Gasteiger partial charge in [0.1, 0.15) is 6.04 Å². The molecule has 0 saturated carbocycles. The first kappa shape index (κ1) is 31.3. The molecule has 11 N–H and O–H groups in total. The van der Waals surface area contributed by atoms with Gasteiger partial charge in [-0.3, -0.25) is 9.79 Å². The fourth-order valence-corrected chi connectivity index (χ4v) is 2.20. The molecule has 0 bridgehead atoms. The van der Waals surface area contributed by atoms with Crippen molar-refractivity contribution in [3.8, 4) is 12.8 Å². The number of carbonyl (C=O) groups is 3. The van der Waals surface area contributed by atoms with E-state index in [9.17, 15) is 14.4 Å². The van der Waals surface area contributed by atoms with Crippen LogP contribution in [0.15, 0.2) is 9.52 Å². The van der Waals surface area contributed by atoms with E-state index in [1.54, 1.807) is 0 Å². The predicted octanol–water partition coefficient (Wildman–Crippen LogP) is -0.837. The SMILES string of the molecule is C#C.CC(C)C[C@H](NC(=O)NCc1nc([C@@H](N)CCCN=C(N)N)no1)C(=O)O.CC(N)=O. The maximum atomic E-state index is 11.8. The van der Waals surface area contributed by atoms with Gasteiger partial charge in [0.25, 0.3) is 0 Å². The largest absolute Gasteiger partial charge is 0.480 e. The number of hydrogen-bond donors (Lipinski definition) is 7. The molecule has 1 rings (SSSR count). The third kappa shape index (κ3) is 17.5. The molecule has 33 heavy (non-hydrogen) atoms. The summed E-state index contributed by atoms with van der Waals surface area (Å²) >= 11 is 0. The quantitative estimate of drug-likeness (QED) is 0.0915. The van der Waals surface area contributed by atoms with E-state index < -0.39 is 24.1 Å². The van der Waals surface area contributed by atoms with Gasteiger partial charge in [-0.05, 0) is 25.2 Å². The van der Waals surface area contributed by atoms with Gasteiger partial charge in [0.05, 0.1) is 12.6 Å². The molecule has 0 spiro atoms. The van der Waals surface area contributed by atoms with Crippen LogP contribution in [-0.4, -0.2) is 51.7 Å². The van der Waals surface area contributed by atoms with E-state index in [0.29, 0.717) is 31.6 Å². The molecule has 0 aliphatic heterocycles. The first-order chi connectivity index (χ1) is 15.4. The third-order valence-electron chi connectivity index (χ3n) is 3.49. The molecule has 186 valence electrons. The summed E-state index contributed by atoms with van der Waals surface area (Å²) in [6.45, 7) is 5.45. The Morgan fingerprint density at radius 2 is 1.79 bits per heavy atom. The van der Waals surface area contributed by atoms with E-state index >= 15 is 0 Å². The molecule has 14 nitrogen and oxygen atoms in total. The van der Waals surface area contributed by atoms with Crippen LogP contribution in [0.5, 0.6) is 0 Å². The summed E-state index contributed by atoms with van der Waals surface area (Å²) in [4.78, 5) is 40.2. The summed E-state index contributed by atoms with van der Waals surface area (Å²) < 4.78 is 5.03. The Labute approximate surface area is 192 Å². The second-order valence-corrected chi connectivity index (χ2v) is 7.06. The molecule has 1 aromatic heterocycles. The van der Waals surface area contributed by atoms with Crippen molar-refractivity contribution in [2.24, 2.45) is 33.8 Å². The van der Waals surface area contributed by atoms with Gasteiger partial charge >= 0.3 is 12.0 Å². The number of nitrogens with one attached hydrogen (secondary N) is 2. The van der Waals surface area contributed by atoms with Gasteiger partial charge in [-0.15, -0.1) is 12.8 Å². The van der Waals surface area contributed by atoms with E-state index in [0.717, 1.165) is 0 Å². The molecule has 1 aromatic rings. The van der Waals surface area contributed by atoms with Crippen molar-refractivity contribution in [3.05, 3.63) is 11.7 Å². The van der Waals surface area contributed by atoms with E-state index in [2.05, 4.69) is 44.3 Å². The number of guanidine groups is 1. The van der Waals surface area contributed by atoms with Gasteiger partial charge in [0, 0.05) is 13.5 Å². The van der Waals surface area contributed by atoms with Crippen LogP contribution in [0.2, 0.25) is 0 Å². The average molecular weight is 470 g/mol. The highest BCUT2D eigenvalue weighted by atomic mass is 16.5. The zero-order valence-electron chi connectivity index (χ0n) is 19.2. The second-order valence-electron chi connectivity index (χ2n) is 7.06. The Morgan fingerprint density at radius 1 is 1.21 bits per heavy atom. The molecule has 0 aromatic carbocycles. The van der Waals surface area contributed by atoms with Gasteiger partial charge in [0.15, 0.2) is 11.8 Å². The zero-order chi connectivity index (χ0) is 26.0. The molecule has 0 unspecified atom stereocenters. The summed E-state index contributed by atoms with van der Waals surface area (Å²) in [6.07, 6.45) is 9.53. The Hall–Kier alpha value is -3.86. The number of rotatable bonds is 11. The molecule has 2 atom stereocenters. The summed E-state index contributed by atoms with van der Waals surface area (Å²) in [5.74, 6) is -0.812. The van der Waals surface area contributed by atoms with Crippen molar-refractivity contribution in [1.29, 1.82) is 0 Å². The molecular weight excluding hydrogens is 434 g/mol. The third-order valence-corrected chi connectivity index (χ3v) is 3.49. The van der Waals surface area contributed by atoms with Crippen molar-refractivity contribution in [1.82, 2.24) is 20.8 Å². The number of amides is 3. The standard InChI is InChI=1S/C15H28N8O4.C2H5NO.C2H2/c1-8(2)6-10(13(24)25)21-15(26)20-7-11-22-12(23-27-11)9(16)4-3-5-19-14(17)18;1-2(3)4;1-2/h8-10H,3-7,16H2,1-2H3,(H,24,25)(H4,17,18,19)(H2,20,21,26);1H3,(H2,3,4);1-2H/t9-,10-;;/m0../s1. The number of carboxylic acid groups (broad SMARTS) is 1. The Balaban J connectivity index is 0. The fraction of sp³-hybridized carbons (Fsp3) is 0.579. The second kappa shape index (κ2) is 17.8. The van der Waals surface area contributed by atoms with Crippen LogP contribution in [0.1, 0.15) is 57.8 Å². The minimum absolute atomic E-state index is 0.0216. The van der Waals surface area contributed by atoms with Crippen molar-refractivity contribution in [2.45, 2.75) is 58.7 Å². The number of primary amides is 1. The van der Waals surface area contributed by atoms with Crippen LogP contribution in [0.3, 0.4) is 0 Å². The van der Waals surface area contributed by atoms with Crippen LogP contribution in [0.4, 0.5) is 4.79 Å². The minimum atomic E-state index is -1.09. The Morgan fingerprint density at radius 3 is 2.27 bits per heavy atom. The minimum Gasteiger partial charge on any atom is -0.480 e. The van der Waals surface area contributed by atoms with Crippen molar-refractivity contribution >= 4 is 23.9 Å². The van der Waals surface area contributed by atoms with E-state index in [1.807, 2.05) is 13.8 Å². The van der Waals surface area contributed by atoms with Crippen LogP contribution in [0, 0.1) is 18.8 Å². The highest BCUT2D eigenvalue weighted by Gasteiger charge is 2.21. The van der Waals surface area contributed by atoms with Crippen LogP contribution in [0.25, 0.3) is 0 Å². The summed E-state index contributed by atoms with van der Waals surface area (Å²) in [5, 5.41) is 17.8. The van der Waals surface area contributed by atoms with Gasteiger partial charge in [-0.1, -0.05) is 19.0 Å². The molecule has 0 radical (unpaired) electrons. The van der Waals surface area contributed by atoms with E-state index in [1.165, 1.54) is 6.92 Å². The van der Waals surface area contributed by atoms with Crippen LogP contribution < -0.4 is 33.6 Å². The molecule has 1 heterocycles. The van der Waals surface area contributed by atoms with Crippen molar-refractivity contribution in [3.63, 3.8) is 0 Å². The maximum absolute atomic E-state index is 11.8.